The van der Waals surface area contributed by atoms with Gasteiger partial charge in [0.05, 0.1) is 5.01 Å². The van der Waals surface area contributed by atoms with Gasteiger partial charge in [0.15, 0.2) is 0 Å². The smallest absolute Gasteiger partial charge is 0.241 e. The summed E-state index contributed by atoms with van der Waals surface area (Å²) in [5.41, 5.74) is 5.46. The van der Waals surface area contributed by atoms with Gasteiger partial charge in [-0.25, -0.2) is 4.98 Å². The number of carbonyl (C=O) groups excluding carboxylic acids is 1. The first-order chi connectivity index (χ1) is 6.27. The maximum atomic E-state index is 11.1. The summed E-state index contributed by atoms with van der Waals surface area (Å²) in [4.78, 5) is 17.0. The molecule has 0 saturated carbocycles. The van der Waals surface area contributed by atoms with Crippen molar-refractivity contribution in [1.29, 1.82) is 0 Å². The zero-order valence-electron chi connectivity index (χ0n) is 7.14. The van der Waals surface area contributed by atoms with Crippen LogP contribution in [0.3, 0.4) is 0 Å². The average molecular weight is 197 g/mol. The van der Waals surface area contributed by atoms with Gasteiger partial charge in [0.2, 0.25) is 5.91 Å². The first-order valence-corrected chi connectivity index (χ1v) is 5.08. The lowest BCUT2D eigenvalue weighted by atomic mass is 10.1. The van der Waals surface area contributed by atoms with E-state index in [2.05, 4.69) is 4.98 Å². The molecule has 0 spiro atoms. The van der Waals surface area contributed by atoms with Gasteiger partial charge in [-0.15, -0.1) is 11.3 Å². The minimum atomic E-state index is -0.253. The van der Waals surface area contributed by atoms with Gasteiger partial charge >= 0.3 is 0 Å². The van der Waals surface area contributed by atoms with E-state index in [0.717, 1.165) is 18.0 Å². The second-order valence-electron chi connectivity index (χ2n) is 3.07. The summed E-state index contributed by atoms with van der Waals surface area (Å²) in [6.45, 7) is 1.45. The summed E-state index contributed by atoms with van der Waals surface area (Å²) in [5, 5.41) is 3.02. The minimum Gasteiger partial charge on any atom is -0.339 e. The number of carbonyl (C=O) groups is 1. The van der Waals surface area contributed by atoms with E-state index < -0.39 is 0 Å². The Balaban J connectivity index is 1.78. The SMILES string of the molecule is NC1CN(CCc2nccs2)C1=O. The predicted molar refractivity (Wildman–Crippen MR) is 50.4 cm³/mol. The number of hydrogen-bond donors (Lipinski definition) is 1. The fourth-order valence-electron chi connectivity index (χ4n) is 1.34. The molecule has 1 saturated heterocycles. The molecule has 0 radical (unpaired) electrons. The molecule has 5 heteroatoms. The van der Waals surface area contributed by atoms with E-state index in [9.17, 15) is 4.79 Å². The fraction of sp³-hybridized carbons (Fsp3) is 0.500. The molecule has 0 bridgehead atoms. The highest BCUT2D eigenvalue weighted by atomic mass is 32.1. The highest BCUT2D eigenvalue weighted by Gasteiger charge is 2.32. The molecule has 0 aliphatic carbocycles. The Morgan fingerprint density at radius 3 is 3.15 bits per heavy atom. The zero-order valence-corrected chi connectivity index (χ0v) is 7.96. The third kappa shape index (κ3) is 1.71. The highest BCUT2D eigenvalue weighted by molar-refractivity contribution is 7.09. The largest absolute Gasteiger partial charge is 0.339 e. The van der Waals surface area contributed by atoms with Crippen LogP contribution < -0.4 is 5.73 Å². The van der Waals surface area contributed by atoms with E-state index in [-0.39, 0.29) is 11.9 Å². The lowest BCUT2D eigenvalue weighted by molar-refractivity contribution is -0.142. The number of likely N-dealkylation sites (tertiary alicyclic amines) is 1. The molecule has 1 aromatic rings. The summed E-state index contributed by atoms with van der Waals surface area (Å²) in [5.74, 6) is 0.0663. The highest BCUT2D eigenvalue weighted by Crippen LogP contribution is 2.11. The molecule has 1 aliphatic rings. The average Bonchev–Trinajstić information content (AvgIpc) is 2.64. The molecule has 70 valence electrons. The minimum absolute atomic E-state index is 0.0663. The molecule has 1 aliphatic heterocycles. The van der Waals surface area contributed by atoms with Gasteiger partial charge in [-0.2, -0.15) is 0 Å². The van der Waals surface area contributed by atoms with Gasteiger partial charge in [-0.05, 0) is 0 Å². The van der Waals surface area contributed by atoms with Crippen LogP contribution in [0.4, 0.5) is 0 Å². The Bertz CT molecular complexity index is 298. The quantitative estimate of drug-likeness (QED) is 0.686. The van der Waals surface area contributed by atoms with Crippen LogP contribution in [0.1, 0.15) is 5.01 Å². The normalized spacial score (nSPS) is 21.8. The van der Waals surface area contributed by atoms with Crippen molar-refractivity contribution in [2.75, 3.05) is 13.1 Å². The van der Waals surface area contributed by atoms with E-state index >= 15 is 0 Å². The third-order valence-corrected chi connectivity index (χ3v) is 2.96. The second-order valence-corrected chi connectivity index (χ2v) is 4.05. The molecule has 2 N–H and O–H groups in total. The lowest BCUT2D eigenvalue weighted by Gasteiger charge is -2.35. The number of β-lactam (4-membered cyclic amide) rings is 1. The molecular formula is C8H11N3OS. The van der Waals surface area contributed by atoms with Crippen LogP contribution in [0, 0.1) is 0 Å². The van der Waals surface area contributed by atoms with Crippen LogP contribution in [0.5, 0.6) is 0 Å². The molecule has 1 aromatic heterocycles. The Labute approximate surface area is 80.4 Å². The van der Waals surface area contributed by atoms with Crippen LogP contribution in [-0.2, 0) is 11.2 Å². The fourth-order valence-corrected chi connectivity index (χ4v) is 1.95. The van der Waals surface area contributed by atoms with Crippen molar-refractivity contribution < 1.29 is 4.79 Å². The van der Waals surface area contributed by atoms with Gasteiger partial charge < -0.3 is 10.6 Å². The number of rotatable bonds is 3. The maximum absolute atomic E-state index is 11.1. The number of hydrogen-bond acceptors (Lipinski definition) is 4. The van der Waals surface area contributed by atoms with E-state index in [0.29, 0.717) is 6.54 Å². The van der Waals surface area contributed by atoms with Gasteiger partial charge in [-0.1, -0.05) is 0 Å². The summed E-state index contributed by atoms with van der Waals surface area (Å²) in [6, 6.07) is -0.253. The Hall–Kier alpha value is -0.940. The molecule has 2 heterocycles. The van der Waals surface area contributed by atoms with Crippen LogP contribution in [-0.4, -0.2) is 34.9 Å². The van der Waals surface area contributed by atoms with Crippen molar-refractivity contribution >= 4 is 17.2 Å². The molecule has 13 heavy (non-hydrogen) atoms. The number of nitrogens with two attached hydrogens (primary N) is 1. The molecular weight excluding hydrogens is 186 g/mol. The number of amides is 1. The number of aromatic nitrogens is 1. The van der Waals surface area contributed by atoms with Crippen molar-refractivity contribution in [2.45, 2.75) is 12.5 Å². The Kier molecular flexibility index (Phi) is 2.28. The summed E-state index contributed by atoms with van der Waals surface area (Å²) < 4.78 is 0. The molecule has 1 atom stereocenters. The van der Waals surface area contributed by atoms with Crippen LogP contribution in [0.25, 0.3) is 0 Å². The Morgan fingerprint density at radius 1 is 1.77 bits per heavy atom. The molecule has 2 rings (SSSR count). The van der Waals surface area contributed by atoms with Crippen molar-refractivity contribution in [1.82, 2.24) is 9.88 Å². The van der Waals surface area contributed by atoms with Crippen LogP contribution >= 0.6 is 11.3 Å². The number of thiazole rings is 1. The zero-order chi connectivity index (χ0) is 9.26. The molecule has 1 unspecified atom stereocenters. The Morgan fingerprint density at radius 2 is 2.62 bits per heavy atom. The van der Waals surface area contributed by atoms with Gasteiger partial charge in [0, 0.05) is 31.1 Å². The van der Waals surface area contributed by atoms with E-state index in [1.54, 1.807) is 22.4 Å². The van der Waals surface area contributed by atoms with Crippen molar-refractivity contribution in [2.24, 2.45) is 5.73 Å². The topological polar surface area (TPSA) is 59.2 Å². The molecule has 4 nitrogen and oxygen atoms in total. The van der Waals surface area contributed by atoms with Crippen molar-refractivity contribution in [3.63, 3.8) is 0 Å². The maximum Gasteiger partial charge on any atom is 0.241 e. The monoisotopic (exact) mass is 197 g/mol. The van der Waals surface area contributed by atoms with E-state index in [1.807, 2.05) is 5.38 Å². The van der Waals surface area contributed by atoms with Gasteiger partial charge in [-0.3, -0.25) is 4.79 Å². The first-order valence-electron chi connectivity index (χ1n) is 4.20. The van der Waals surface area contributed by atoms with Crippen molar-refractivity contribution in [3.8, 4) is 0 Å². The molecule has 1 amide bonds. The summed E-state index contributed by atoms with van der Waals surface area (Å²) in [7, 11) is 0. The molecule has 1 fully saturated rings. The van der Waals surface area contributed by atoms with Gasteiger partial charge in [0.25, 0.3) is 0 Å². The second kappa shape index (κ2) is 3.43. The third-order valence-electron chi connectivity index (χ3n) is 2.13. The standard InChI is InChI=1S/C8H11N3OS/c9-6-5-11(8(6)12)3-1-7-10-2-4-13-7/h2,4,6H,1,3,5,9H2. The van der Waals surface area contributed by atoms with Crippen LogP contribution in [0.15, 0.2) is 11.6 Å². The predicted octanol–water partition coefficient (Wildman–Crippen LogP) is -0.145. The number of nitrogens with zero attached hydrogens (tertiary/aromatic N) is 2. The van der Waals surface area contributed by atoms with E-state index in [4.69, 9.17) is 5.73 Å². The van der Waals surface area contributed by atoms with E-state index in [1.165, 1.54) is 0 Å². The van der Waals surface area contributed by atoms with Crippen molar-refractivity contribution in [3.05, 3.63) is 16.6 Å². The first kappa shape index (κ1) is 8.65. The lowest BCUT2D eigenvalue weighted by Crippen LogP contribution is -2.61. The summed E-state index contributed by atoms with van der Waals surface area (Å²) in [6.07, 6.45) is 2.62. The summed E-state index contributed by atoms with van der Waals surface area (Å²) >= 11 is 1.62. The van der Waals surface area contributed by atoms with Gasteiger partial charge in [0.1, 0.15) is 6.04 Å². The molecule has 0 aromatic carbocycles. The van der Waals surface area contributed by atoms with Crippen LogP contribution in [0.2, 0.25) is 0 Å².